The van der Waals surface area contributed by atoms with Gasteiger partial charge in [-0.2, -0.15) is 0 Å². The number of imidazole rings is 1. The van der Waals surface area contributed by atoms with Gasteiger partial charge in [-0.3, -0.25) is 4.40 Å². The van der Waals surface area contributed by atoms with Crippen molar-refractivity contribution in [2.45, 2.75) is 78.6 Å². The number of aromatic nitrogens is 2. The minimum absolute atomic E-state index is 0.0135. The quantitative estimate of drug-likeness (QED) is 0.162. The summed E-state index contributed by atoms with van der Waals surface area (Å²) >= 11 is 1.97. The van der Waals surface area contributed by atoms with Gasteiger partial charge in [0.1, 0.15) is 5.65 Å². The van der Waals surface area contributed by atoms with E-state index in [4.69, 9.17) is 4.98 Å². The minimum Gasteiger partial charge on any atom is -0.291 e. The summed E-state index contributed by atoms with van der Waals surface area (Å²) in [5.74, 6) is 0. The summed E-state index contributed by atoms with van der Waals surface area (Å²) in [6.45, 7) is 21.1. The molecular formula is C57H52N2S. The van der Waals surface area contributed by atoms with Gasteiger partial charge in [0.05, 0.1) is 16.9 Å². The second-order valence-corrected chi connectivity index (χ2v) is 20.7. The van der Waals surface area contributed by atoms with Crippen LogP contribution >= 0.6 is 11.3 Å². The van der Waals surface area contributed by atoms with Gasteiger partial charge in [0, 0.05) is 42.1 Å². The molecule has 0 aliphatic heterocycles. The first-order valence-corrected chi connectivity index (χ1v) is 22.1. The van der Waals surface area contributed by atoms with E-state index < -0.39 is 0 Å². The molecule has 0 amide bonds. The molecule has 3 heterocycles. The van der Waals surface area contributed by atoms with Crippen LogP contribution in [-0.2, 0) is 16.2 Å². The van der Waals surface area contributed by atoms with Crippen molar-refractivity contribution in [1.82, 2.24) is 9.38 Å². The lowest BCUT2D eigenvalue weighted by molar-refractivity contribution is 0.573. The van der Waals surface area contributed by atoms with Gasteiger partial charge in [0.25, 0.3) is 0 Å². The molecule has 0 radical (unpaired) electrons. The molecule has 0 bridgehead atoms. The highest BCUT2D eigenvalue weighted by atomic mass is 32.1. The van der Waals surface area contributed by atoms with Crippen LogP contribution in [-0.4, -0.2) is 9.38 Å². The van der Waals surface area contributed by atoms with E-state index >= 15 is 0 Å². The second-order valence-electron chi connectivity index (χ2n) is 19.7. The minimum atomic E-state index is -0.0135. The summed E-state index contributed by atoms with van der Waals surface area (Å²) in [6.07, 6.45) is 0. The first kappa shape index (κ1) is 38.2. The van der Waals surface area contributed by atoms with Gasteiger partial charge < -0.3 is 0 Å². The molecule has 0 atom stereocenters. The third-order valence-corrected chi connectivity index (χ3v) is 13.7. The molecule has 0 aliphatic carbocycles. The van der Waals surface area contributed by atoms with Gasteiger partial charge in [-0.1, -0.05) is 178 Å². The summed E-state index contributed by atoms with van der Waals surface area (Å²) in [4.78, 5) is 5.43. The standard InChI is InChI=1S/C57H52N2S/c1-55(2,3)40-31-44(52-46(32-40)47-33-41(56(4,5)6)34-48(53(47)60-52)57(7,8)9)39-24-18-23-37(29-39)38-27-28-49-45(30-38)42-25-16-17-26-43(42)54-58-50(35-19-12-10-13-20-35)51(59(49)54)36-21-14-11-15-22-36/h10-34H,1-9H3. The Bertz CT molecular complexity index is 3290. The van der Waals surface area contributed by atoms with E-state index in [-0.39, 0.29) is 16.2 Å². The molecule has 60 heavy (non-hydrogen) atoms. The SMILES string of the molecule is CC(C)(C)c1cc(-c2cccc(-c3ccc4c(c3)c3ccccc3c3nc(-c5ccccc5)c(-c5ccccc5)n43)c2)c2sc3c(C(C)(C)C)cc(C(C)(C)C)cc3c2c1. The van der Waals surface area contributed by atoms with E-state index in [0.29, 0.717) is 0 Å². The zero-order chi connectivity index (χ0) is 41.7. The van der Waals surface area contributed by atoms with Gasteiger partial charge in [-0.25, -0.2) is 4.98 Å². The zero-order valence-corrected chi connectivity index (χ0v) is 37.1. The van der Waals surface area contributed by atoms with Crippen LogP contribution in [0.25, 0.3) is 92.3 Å². The van der Waals surface area contributed by atoms with E-state index in [1.807, 2.05) is 11.3 Å². The maximum atomic E-state index is 5.43. The predicted molar refractivity (Wildman–Crippen MR) is 261 cm³/mol. The van der Waals surface area contributed by atoms with Gasteiger partial charge in [-0.05, 0) is 97.0 Å². The van der Waals surface area contributed by atoms with Crippen molar-refractivity contribution in [3.8, 4) is 44.8 Å². The van der Waals surface area contributed by atoms with Gasteiger partial charge in [-0.15, -0.1) is 11.3 Å². The monoisotopic (exact) mass is 796 g/mol. The summed E-state index contributed by atoms with van der Waals surface area (Å²) in [6, 6.07) is 56.3. The highest BCUT2D eigenvalue weighted by Gasteiger charge is 2.27. The Balaban J connectivity index is 1.21. The van der Waals surface area contributed by atoms with Crippen molar-refractivity contribution in [2.75, 3.05) is 0 Å². The lowest BCUT2D eigenvalue weighted by atomic mass is 9.79. The summed E-state index contributed by atoms with van der Waals surface area (Å²) < 4.78 is 5.16. The Morgan fingerprint density at radius 3 is 1.65 bits per heavy atom. The van der Waals surface area contributed by atoms with Crippen molar-refractivity contribution >= 4 is 58.8 Å². The van der Waals surface area contributed by atoms with E-state index in [2.05, 4.69) is 218 Å². The predicted octanol–water partition coefficient (Wildman–Crippen LogP) is 16.6. The van der Waals surface area contributed by atoms with Crippen LogP contribution in [0.1, 0.15) is 79.0 Å². The number of pyridine rings is 1. The number of fused-ring (bicyclic) bond motifs is 9. The fourth-order valence-corrected chi connectivity index (χ4v) is 10.5. The topological polar surface area (TPSA) is 17.3 Å². The molecule has 0 saturated heterocycles. The molecular weight excluding hydrogens is 745 g/mol. The van der Waals surface area contributed by atoms with Crippen LogP contribution in [0, 0.1) is 0 Å². The maximum Gasteiger partial charge on any atom is 0.146 e. The van der Waals surface area contributed by atoms with Gasteiger partial charge in [0.2, 0.25) is 0 Å². The Hall–Kier alpha value is -6.03. The lowest BCUT2D eigenvalue weighted by Crippen LogP contribution is -2.16. The second kappa shape index (κ2) is 13.8. The number of rotatable bonds is 4. The summed E-state index contributed by atoms with van der Waals surface area (Å²) in [5.41, 5.74) is 15.7. The molecule has 10 rings (SSSR count). The third-order valence-electron chi connectivity index (χ3n) is 12.4. The van der Waals surface area contributed by atoms with Crippen molar-refractivity contribution in [2.24, 2.45) is 0 Å². The Labute approximate surface area is 358 Å². The first-order chi connectivity index (χ1) is 28.6. The largest absolute Gasteiger partial charge is 0.291 e. The molecule has 296 valence electrons. The molecule has 0 spiro atoms. The molecule has 0 saturated carbocycles. The number of hydrogen-bond donors (Lipinski definition) is 0. The van der Waals surface area contributed by atoms with Crippen molar-refractivity contribution < 1.29 is 0 Å². The molecule has 0 fully saturated rings. The lowest BCUT2D eigenvalue weighted by Gasteiger charge is -2.26. The molecule has 0 N–H and O–H groups in total. The number of benzene rings is 7. The van der Waals surface area contributed by atoms with Crippen molar-refractivity contribution in [3.63, 3.8) is 0 Å². The Kier molecular flexibility index (Phi) is 8.76. The summed E-state index contributed by atoms with van der Waals surface area (Å²) in [7, 11) is 0. The van der Waals surface area contributed by atoms with Crippen LogP contribution in [0.2, 0.25) is 0 Å². The molecule has 3 aromatic heterocycles. The zero-order valence-electron chi connectivity index (χ0n) is 36.2. The molecule has 0 aliphatic rings. The molecule has 10 aromatic rings. The van der Waals surface area contributed by atoms with Crippen LogP contribution in [0.3, 0.4) is 0 Å². The fourth-order valence-electron chi connectivity index (χ4n) is 9.02. The van der Waals surface area contributed by atoms with Crippen LogP contribution in [0.5, 0.6) is 0 Å². The average molecular weight is 797 g/mol. The first-order valence-electron chi connectivity index (χ1n) is 21.3. The number of thiophene rings is 1. The van der Waals surface area contributed by atoms with E-state index in [1.54, 1.807) is 0 Å². The third kappa shape index (κ3) is 6.34. The van der Waals surface area contributed by atoms with E-state index in [9.17, 15) is 0 Å². The van der Waals surface area contributed by atoms with Crippen molar-refractivity contribution in [3.05, 3.63) is 168 Å². The average Bonchev–Trinajstić information content (AvgIpc) is 3.82. The smallest absolute Gasteiger partial charge is 0.146 e. The molecule has 0 unspecified atom stereocenters. The van der Waals surface area contributed by atoms with Crippen molar-refractivity contribution in [1.29, 1.82) is 0 Å². The Morgan fingerprint density at radius 1 is 0.417 bits per heavy atom. The number of hydrogen-bond acceptors (Lipinski definition) is 2. The highest BCUT2D eigenvalue weighted by molar-refractivity contribution is 7.26. The van der Waals surface area contributed by atoms with Gasteiger partial charge in [0.15, 0.2) is 0 Å². The highest BCUT2D eigenvalue weighted by Crippen LogP contribution is 2.48. The van der Waals surface area contributed by atoms with Crippen LogP contribution in [0.4, 0.5) is 0 Å². The molecule has 3 heteroatoms. The normalized spacial score (nSPS) is 12.8. The molecule has 7 aromatic carbocycles. The Morgan fingerprint density at radius 2 is 0.983 bits per heavy atom. The van der Waals surface area contributed by atoms with Crippen LogP contribution < -0.4 is 0 Å². The van der Waals surface area contributed by atoms with E-state index in [0.717, 1.165) is 39.1 Å². The molecule has 2 nitrogen and oxygen atoms in total. The van der Waals surface area contributed by atoms with Crippen LogP contribution in [0.15, 0.2) is 152 Å². The number of nitrogens with zero attached hydrogens (tertiary/aromatic N) is 2. The fraction of sp³-hybridized carbons (Fsp3) is 0.211. The summed E-state index contributed by atoms with van der Waals surface area (Å²) in [5, 5.41) is 6.31. The maximum absolute atomic E-state index is 5.43. The van der Waals surface area contributed by atoms with Gasteiger partial charge >= 0.3 is 0 Å². The van der Waals surface area contributed by atoms with E-state index in [1.165, 1.54) is 69.9 Å².